The third kappa shape index (κ3) is 5.69. The Balaban J connectivity index is 1.55. The Morgan fingerprint density at radius 1 is 1.24 bits per heavy atom. The van der Waals surface area contributed by atoms with Crippen molar-refractivity contribution < 1.29 is 19.1 Å². The molecule has 0 saturated carbocycles. The number of anilines is 1. The van der Waals surface area contributed by atoms with Gasteiger partial charge in [-0.3, -0.25) is 14.9 Å². The van der Waals surface area contributed by atoms with Crippen molar-refractivity contribution in [1.82, 2.24) is 9.88 Å². The molecule has 0 spiro atoms. The molecule has 8 heteroatoms. The van der Waals surface area contributed by atoms with Crippen LogP contribution in [0.25, 0.3) is 0 Å². The smallest absolute Gasteiger partial charge is 0.264 e. The molecule has 156 valence electrons. The molecule has 1 aromatic carbocycles. The zero-order valence-corrected chi connectivity index (χ0v) is 17.9. The third-order valence-corrected chi connectivity index (χ3v) is 5.42. The Hall–Kier alpha value is -2.61. The van der Waals surface area contributed by atoms with E-state index in [0.29, 0.717) is 55.1 Å². The van der Waals surface area contributed by atoms with E-state index in [1.807, 2.05) is 37.8 Å². The number of hydrogen-bond acceptors (Lipinski definition) is 6. The van der Waals surface area contributed by atoms with E-state index in [9.17, 15) is 9.59 Å². The minimum atomic E-state index is -0.282. The molecule has 0 bridgehead atoms. The van der Waals surface area contributed by atoms with Crippen LogP contribution in [0.15, 0.2) is 24.3 Å². The number of carbonyl (C=O) groups is 2. The number of fused-ring (bicyclic) bond motifs is 1. The highest BCUT2D eigenvalue weighted by atomic mass is 32.1. The van der Waals surface area contributed by atoms with Gasteiger partial charge in [0.25, 0.3) is 5.91 Å². The van der Waals surface area contributed by atoms with Crippen LogP contribution >= 0.6 is 11.3 Å². The molecule has 1 aliphatic rings. The van der Waals surface area contributed by atoms with Crippen LogP contribution in [0.5, 0.6) is 11.5 Å². The lowest BCUT2D eigenvalue weighted by Crippen LogP contribution is -2.36. The summed E-state index contributed by atoms with van der Waals surface area (Å²) in [6.07, 6.45) is 1.27. The second kappa shape index (κ2) is 9.73. The van der Waals surface area contributed by atoms with Crippen molar-refractivity contribution in [3.8, 4) is 11.5 Å². The van der Waals surface area contributed by atoms with Crippen LogP contribution in [-0.2, 0) is 22.6 Å². The maximum absolute atomic E-state index is 12.3. The zero-order valence-electron chi connectivity index (χ0n) is 17.1. The number of carbonyl (C=O) groups excluding carboxylic acids is 2. The Bertz CT molecular complexity index is 865. The van der Waals surface area contributed by atoms with E-state index in [1.54, 1.807) is 12.1 Å². The van der Waals surface area contributed by atoms with Crippen molar-refractivity contribution in [3.63, 3.8) is 0 Å². The van der Waals surface area contributed by atoms with Gasteiger partial charge in [-0.15, -0.1) is 0 Å². The summed E-state index contributed by atoms with van der Waals surface area (Å²) in [6.45, 7) is 7.61. The number of hydrogen-bond donors (Lipinski definition) is 1. The summed E-state index contributed by atoms with van der Waals surface area (Å²) in [5.41, 5.74) is 0.960. The van der Waals surface area contributed by atoms with Crippen molar-refractivity contribution in [1.29, 1.82) is 0 Å². The van der Waals surface area contributed by atoms with Crippen molar-refractivity contribution in [2.75, 3.05) is 25.1 Å². The van der Waals surface area contributed by atoms with Crippen LogP contribution in [0, 0.1) is 5.92 Å². The summed E-state index contributed by atoms with van der Waals surface area (Å²) in [5.74, 6) is 1.37. The average Bonchev–Trinajstić information content (AvgIpc) is 3.08. The van der Waals surface area contributed by atoms with Crippen molar-refractivity contribution in [3.05, 3.63) is 34.8 Å². The number of amides is 2. The molecule has 2 heterocycles. The molecule has 0 saturated heterocycles. The van der Waals surface area contributed by atoms with E-state index in [4.69, 9.17) is 9.47 Å². The molecule has 0 aliphatic carbocycles. The van der Waals surface area contributed by atoms with Gasteiger partial charge in [0.1, 0.15) is 0 Å². The molecule has 0 atom stereocenters. The van der Waals surface area contributed by atoms with Gasteiger partial charge < -0.3 is 14.4 Å². The van der Waals surface area contributed by atoms with Crippen LogP contribution in [0.1, 0.15) is 37.8 Å². The molecule has 29 heavy (non-hydrogen) atoms. The number of ether oxygens (including phenoxy) is 2. The molecule has 2 amide bonds. The van der Waals surface area contributed by atoms with Crippen molar-refractivity contribution in [2.24, 2.45) is 5.92 Å². The number of para-hydroxylation sites is 2. The molecule has 1 aromatic heterocycles. The first kappa shape index (κ1) is 21.1. The van der Waals surface area contributed by atoms with Gasteiger partial charge in [0.2, 0.25) is 5.91 Å². The predicted octanol–water partition coefficient (Wildman–Crippen LogP) is 3.49. The highest BCUT2D eigenvalue weighted by molar-refractivity contribution is 7.15. The second-order valence-electron chi connectivity index (χ2n) is 7.27. The number of thiazole rings is 1. The Kier molecular flexibility index (Phi) is 7.09. The van der Waals surface area contributed by atoms with Gasteiger partial charge in [-0.1, -0.05) is 37.3 Å². The fourth-order valence-electron chi connectivity index (χ4n) is 3.08. The van der Waals surface area contributed by atoms with E-state index in [1.165, 1.54) is 11.3 Å². The molecule has 0 unspecified atom stereocenters. The van der Waals surface area contributed by atoms with Crippen LogP contribution < -0.4 is 14.8 Å². The van der Waals surface area contributed by atoms with Gasteiger partial charge in [-0.05, 0) is 25.0 Å². The predicted molar refractivity (Wildman–Crippen MR) is 112 cm³/mol. The molecule has 0 radical (unpaired) electrons. The summed E-state index contributed by atoms with van der Waals surface area (Å²) >= 11 is 1.42. The van der Waals surface area contributed by atoms with Gasteiger partial charge in [-0.25, -0.2) is 4.98 Å². The van der Waals surface area contributed by atoms with Crippen molar-refractivity contribution >= 4 is 28.3 Å². The van der Waals surface area contributed by atoms with Crippen LogP contribution in [0.4, 0.5) is 5.13 Å². The lowest BCUT2D eigenvalue weighted by Gasteiger charge is -2.26. The average molecular weight is 418 g/mol. The number of nitrogens with zero attached hydrogens (tertiary/aromatic N) is 2. The summed E-state index contributed by atoms with van der Waals surface area (Å²) in [6, 6.07) is 7.26. The van der Waals surface area contributed by atoms with Gasteiger partial charge in [0.05, 0.1) is 18.8 Å². The molecule has 1 N–H and O–H groups in total. The van der Waals surface area contributed by atoms with Gasteiger partial charge >= 0.3 is 0 Å². The minimum Gasteiger partial charge on any atom is -0.490 e. The molecular weight excluding hydrogens is 390 g/mol. The van der Waals surface area contributed by atoms with Crippen LogP contribution in [0.2, 0.25) is 0 Å². The van der Waals surface area contributed by atoms with E-state index < -0.39 is 0 Å². The number of rotatable bonds is 8. The standard InChI is InChI=1S/C21H27N3O4S/c1-4-27-16-7-5-6-8-17(16)28-13-19(25)23-21-22-15-9-10-24(12-18(15)29-21)20(26)11-14(2)3/h5-8,14H,4,9-13H2,1-3H3,(H,22,23,25). The Morgan fingerprint density at radius 3 is 2.66 bits per heavy atom. The summed E-state index contributed by atoms with van der Waals surface area (Å²) in [5, 5.41) is 3.34. The fourth-order valence-corrected chi connectivity index (χ4v) is 4.12. The monoisotopic (exact) mass is 417 g/mol. The topological polar surface area (TPSA) is 80.8 Å². The first-order valence-corrected chi connectivity index (χ1v) is 10.7. The zero-order chi connectivity index (χ0) is 20.8. The normalized spacial score (nSPS) is 13.2. The van der Waals surface area contributed by atoms with Gasteiger partial charge in [0, 0.05) is 24.3 Å². The van der Waals surface area contributed by atoms with E-state index in [0.717, 1.165) is 10.6 Å². The highest BCUT2D eigenvalue weighted by Crippen LogP contribution is 2.29. The first-order chi connectivity index (χ1) is 14.0. The molecular formula is C21H27N3O4S. The van der Waals surface area contributed by atoms with E-state index >= 15 is 0 Å². The lowest BCUT2D eigenvalue weighted by atomic mass is 10.1. The van der Waals surface area contributed by atoms with Gasteiger partial charge in [0.15, 0.2) is 23.2 Å². The second-order valence-corrected chi connectivity index (χ2v) is 8.35. The van der Waals surface area contributed by atoms with Crippen molar-refractivity contribution in [2.45, 2.75) is 40.2 Å². The van der Waals surface area contributed by atoms with E-state index in [2.05, 4.69) is 10.3 Å². The number of benzene rings is 1. The Morgan fingerprint density at radius 2 is 1.97 bits per heavy atom. The van der Waals surface area contributed by atoms with Crippen LogP contribution in [0.3, 0.4) is 0 Å². The molecule has 2 aromatic rings. The van der Waals surface area contributed by atoms with Gasteiger partial charge in [-0.2, -0.15) is 0 Å². The quantitative estimate of drug-likeness (QED) is 0.711. The minimum absolute atomic E-state index is 0.132. The largest absolute Gasteiger partial charge is 0.490 e. The van der Waals surface area contributed by atoms with Crippen LogP contribution in [-0.4, -0.2) is 41.5 Å². The summed E-state index contributed by atoms with van der Waals surface area (Å²) < 4.78 is 11.1. The number of aromatic nitrogens is 1. The number of nitrogens with one attached hydrogen (secondary N) is 1. The fraction of sp³-hybridized carbons (Fsp3) is 0.476. The molecule has 1 aliphatic heterocycles. The first-order valence-electron chi connectivity index (χ1n) is 9.87. The SMILES string of the molecule is CCOc1ccccc1OCC(=O)Nc1nc2c(s1)CN(C(=O)CC(C)C)CC2. The third-order valence-electron chi connectivity index (χ3n) is 4.42. The molecule has 0 fully saturated rings. The molecule has 3 rings (SSSR count). The van der Waals surface area contributed by atoms with E-state index in [-0.39, 0.29) is 18.4 Å². The maximum atomic E-state index is 12.3. The highest BCUT2D eigenvalue weighted by Gasteiger charge is 2.24. The summed E-state index contributed by atoms with van der Waals surface area (Å²) in [7, 11) is 0. The summed E-state index contributed by atoms with van der Waals surface area (Å²) in [4.78, 5) is 32.0. The Labute approximate surface area is 175 Å². The molecule has 7 nitrogen and oxygen atoms in total. The maximum Gasteiger partial charge on any atom is 0.264 e. The lowest BCUT2D eigenvalue weighted by molar-refractivity contribution is -0.132.